The number of carbonyl (C=O) groups is 1. The number of amides is 1. The molecule has 4 nitrogen and oxygen atoms in total. The topological polar surface area (TPSA) is 57.8 Å². The number of hydrogen-bond acceptors (Lipinski definition) is 2. The standard InChI is InChI=1S/C16H15N3O/c1-11-8-13-9-12(5-6-14(13)19-11)10-18-16(20)15-4-2-3-7-17-15/h2-9,19H,10H2,1H3,(H,18,20). The van der Waals surface area contributed by atoms with Crippen LogP contribution in [0.25, 0.3) is 10.9 Å². The molecule has 1 amide bonds. The summed E-state index contributed by atoms with van der Waals surface area (Å²) in [5.74, 6) is -0.157. The van der Waals surface area contributed by atoms with Crippen LogP contribution < -0.4 is 5.32 Å². The van der Waals surface area contributed by atoms with Gasteiger partial charge in [-0.3, -0.25) is 9.78 Å². The highest BCUT2D eigenvalue weighted by Gasteiger charge is 2.06. The van der Waals surface area contributed by atoms with Gasteiger partial charge in [-0.2, -0.15) is 0 Å². The lowest BCUT2D eigenvalue weighted by Crippen LogP contribution is -2.23. The molecule has 2 aromatic heterocycles. The van der Waals surface area contributed by atoms with Gasteiger partial charge in [-0.15, -0.1) is 0 Å². The van der Waals surface area contributed by atoms with Crippen molar-refractivity contribution in [2.24, 2.45) is 0 Å². The van der Waals surface area contributed by atoms with Crippen molar-refractivity contribution < 1.29 is 4.79 Å². The maximum atomic E-state index is 11.9. The predicted molar refractivity (Wildman–Crippen MR) is 78.4 cm³/mol. The van der Waals surface area contributed by atoms with Crippen LogP contribution >= 0.6 is 0 Å². The number of hydrogen-bond donors (Lipinski definition) is 2. The number of fused-ring (bicyclic) bond motifs is 1. The molecule has 0 aliphatic carbocycles. The van der Waals surface area contributed by atoms with E-state index in [4.69, 9.17) is 0 Å². The zero-order valence-electron chi connectivity index (χ0n) is 11.2. The third-order valence-electron chi connectivity index (χ3n) is 3.17. The average Bonchev–Trinajstić information content (AvgIpc) is 2.85. The van der Waals surface area contributed by atoms with Gasteiger partial charge in [-0.05, 0) is 48.2 Å². The van der Waals surface area contributed by atoms with E-state index in [1.807, 2.05) is 19.1 Å². The van der Waals surface area contributed by atoms with E-state index in [1.165, 1.54) is 0 Å². The molecular formula is C16H15N3O. The number of benzene rings is 1. The normalized spacial score (nSPS) is 10.7. The SMILES string of the molecule is Cc1cc2cc(CNC(=O)c3ccccn3)ccc2[nH]1. The summed E-state index contributed by atoms with van der Waals surface area (Å²) in [5.41, 5.74) is 3.75. The van der Waals surface area contributed by atoms with Crippen LogP contribution in [-0.4, -0.2) is 15.9 Å². The van der Waals surface area contributed by atoms with Crippen LogP contribution in [0, 0.1) is 6.92 Å². The van der Waals surface area contributed by atoms with Crippen LogP contribution in [-0.2, 0) is 6.54 Å². The molecule has 0 radical (unpaired) electrons. The van der Waals surface area contributed by atoms with Crippen LogP contribution in [0.15, 0.2) is 48.7 Å². The van der Waals surface area contributed by atoms with E-state index in [-0.39, 0.29) is 5.91 Å². The number of aromatic nitrogens is 2. The van der Waals surface area contributed by atoms with Crippen LogP contribution in [0.1, 0.15) is 21.7 Å². The number of rotatable bonds is 3. The first-order valence-electron chi connectivity index (χ1n) is 6.50. The zero-order chi connectivity index (χ0) is 13.9. The Kier molecular flexibility index (Phi) is 3.21. The molecule has 0 fully saturated rings. The Hall–Kier alpha value is -2.62. The Morgan fingerprint density at radius 1 is 1.25 bits per heavy atom. The van der Waals surface area contributed by atoms with Gasteiger partial charge in [0.1, 0.15) is 5.69 Å². The molecule has 2 heterocycles. The highest BCUT2D eigenvalue weighted by Crippen LogP contribution is 2.16. The predicted octanol–water partition coefficient (Wildman–Crippen LogP) is 2.80. The minimum absolute atomic E-state index is 0.157. The molecule has 0 saturated heterocycles. The Bertz CT molecular complexity index is 747. The lowest BCUT2D eigenvalue weighted by atomic mass is 10.1. The second kappa shape index (κ2) is 5.17. The highest BCUT2D eigenvalue weighted by molar-refractivity contribution is 5.92. The molecule has 0 aliphatic heterocycles. The third kappa shape index (κ3) is 2.54. The molecule has 4 heteroatoms. The molecule has 0 spiro atoms. The van der Waals surface area contributed by atoms with Gasteiger partial charge in [-0.25, -0.2) is 0 Å². The van der Waals surface area contributed by atoms with Crippen LogP contribution in [0.4, 0.5) is 0 Å². The molecule has 2 N–H and O–H groups in total. The van der Waals surface area contributed by atoms with E-state index in [9.17, 15) is 4.79 Å². The number of nitrogens with one attached hydrogen (secondary N) is 2. The first-order valence-corrected chi connectivity index (χ1v) is 6.50. The van der Waals surface area contributed by atoms with Crippen molar-refractivity contribution in [1.82, 2.24) is 15.3 Å². The van der Waals surface area contributed by atoms with E-state index in [1.54, 1.807) is 24.4 Å². The van der Waals surface area contributed by atoms with Gasteiger partial charge in [0.05, 0.1) is 0 Å². The monoisotopic (exact) mass is 265 g/mol. The smallest absolute Gasteiger partial charge is 0.270 e. The van der Waals surface area contributed by atoms with Crippen molar-refractivity contribution in [2.45, 2.75) is 13.5 Å². The fraction of sp³-hybridized carbons (Fsp3) is 0.125. The number of H-pyrrole nitrogens is 1. The Morgan fingerprint density at radius 3 is 2.95 bits per heavy atom. The number of pyridine rings is 1. The van der Waals surface area contributed by atoms with Crippen molar-refractivity contribution in [3.8, 4) is 0 Å². The molecule has 3 aromatic rings. The molecular weight excluding hydrogens is 250 g/mol. The number of aryl methyl sites for hydroxylation is 1. The molecule has 1 aromatic carbocycles. The van der Waals surface area contributed by atoms with Gasteiger partial charge < -0.3 is 10.3 Å². The maximum Gasteiger partial charge on any atom is 0.270 e. The van der Waals surface area contributed by atoms with Gasteiger partial charge in [0.2, 0.25) is 0 Å². The minimum Gasteiger partial charge on any atom is -0.359 e. The molecule has 0 unspecified atom stereocenters. The summed E-state index contributed by atoms with van der Waals surface area (Å²) in [7, 11) is 0. The maximum absolute atomic E-state index is 11.9. The summed E-state index contributed by atoms with van der Waals surface area (Å²) >= 11 is 0. The molecule has 0 bridgehead atoms. The van der Waals surface area contributed by atoms with Crippen LogP contribution in [0.3, 0.4) is 0 Å². The second-order valence-electron chi connectivity index (χ2n) is 4.77. The highest BCUT2D eigenvalue weighted by atomic mass is 16.1. The Labute approximate surface area is 116 Å². The van der Waals surface area contributed by atoms with Gasteiger partial charge in [0, 0.05) is 24.0 Å². The summed E-state index contributed by atoms with van der Waals surface area (Å²) in [6.07, 6.45) is 1.61. The quantitative estimate of drug-likeness (QED) is 0.765. The number of aromatic amines is 1. The fourth-order valence-electron chi connectivity index (χ4n) is 2.21. The molecule has 0 saturated carbocycles. The summed E-state index contributed by atoms with van der Waals surface area (Å²) < 4.78 is 0. The minimum atomic E-state index is -0.157. The van der Waals surface area contributed by atoms with Gasteiger partial charge in [-0.1, -0.05) is 12.1 Å². The largest absolute Gasteiger partial charge is 0.359 e. The molecule has 0 aliphatic rings. The van der Waals surface area contributed by atoms with Crippen LogP contribution in [0.5, 0.6) is 0 Å². The molecule has 0 atom stereocenters. The van der Waals surface area contributed by atoms with E-state index in [0.29, 0.717) is 12.2 Å². The van der Waals surface area contributed by atoms with Crippen molar-refractivity contribution in [1.29, 1.82) is 0 Å². The van der Waals surface area contributed by atoms with E-state index < -0.39 is 0 Å². The van der Waals surface area contributed by atoms with E-state index >= 15 is 0 Å². The van der Waals surface area contributed by atoms with Gasteiger partial charge in [0.25, 0.3) is 5.91 Å². The lowest BCUT2D eigenvalue weighted by Gasteiger charge is -2.05. The molecule has 20 heavy (non-hydrogen) atoms. The fourth-order valence-corrected chi connectivity index (χ4v) is 2.21. The van der Waals surface area contributed by atoms with E-state index in [2.05, 4.69) is 27.4 Å². The van der Waals surface area contributed by atoms with Crippen molar-refractivity contribution in [3.05, 3.63) is 65.6 Å². The molecule has 3 rings (SSSR count). The number of nitrogens with zero attached hydrogens (tertiary/aromatic N) is 1. The zero-order valence-corrected chi connectivity index (χ0v) is 11.2. The first kappa shape index (κ1) is 12.4. The summed E-state index contributed by atoms with van der Waals surface area (Å²) in [4.78, 5) is 19.2. The second-order valence-corrected chi connectivity index (χ2v) is 4.77. The van der Waals surface area contributed by atoms with Gasteiger partial charge >= 0.3 is 0 Å². The van der Waals surface area contributed by atoms with Crippen LogP contribution in [0.2, 0.25) is 0 Å². The van der Waals surface area contributed by atoms with E-state index in [0.717, 1.165) is 22.2 Å². The third-order valence-corrected chi connectivity index (χ3v) is 3.17. The lowest BCUT2D eigenvalue weighted by molar-refractivity contribution is 0.0946. The Morgan fingerprint density at radius 2 is 2.15 bits per heavy atom. The summed E-state index contributed by atoms with van der Waals surface area (Å²) in [6, 6.07) is 13.5. The Balaban J connectivity index is 1.72. The van der Waals surface area contributed by atoms with Crippen molar-refractivity contribution in [3.63, 3.8) is 0 Å². The molecule has 100 valence electrons. The first-order chi connectivity index (χ1) is 9.72. The summed E-state index contributed by atoms with van der Waals surface area (Å²) in [5, 5.41) is 4.03. The number of carbonyl (C=O) groups excluding carboxylic acids is 1. The average molecular weight is 265 g/mol. The summed E-state index contributed by atoms with van der Waals surface area (Å²) in [6.45, 7) is 2.53. The van der Waals surface area contributed by atoms with Gasteiger partial charge in [0.15, 0.2) is 0 Å². The van der Waals surface area contributed by atoms with Crippen molar-refractivity contribution >= 4 is 16.8 Å². The van der Waals surface area contributed by atoms with Crippen molar-refractivity contribution in [2.75, 3.05) is 0 Å².